The van der Waals surface area contributed by atoms with E-state index in [2.05, 4.69) is 10.6 Å². The summed E-state index contributed by atoms with van der Waals surface area (Å²) < 4.78 is 9.68. The van der Waals surface area contributed by atoms with Crippen LogP contribution in [0.15, 0.2) is 48.5 Å². The van der Waals surface area contributed by atoms with E-state index >= 15 is 0 Å². The number of ether oxygens (including phenoxy) is 2. The topological polar surface area (TPSA) is 93.7 Å². The molecule has 0 bridgehead atoms. The summed E-state index contributed by atoms with van der Waals surface area (Å²) in [5.41, 5.74) is 2.64. The summed E-state index contributed by atoms with van der Waals surface area (Å²) in [7, 11) is 1.51. The number of methoxy groups -OCH3 is 1. The third-order valence-corrected chi connectivity index (χ3v) is 3.79. The van der Waals surface area contributed by atoms with Gasteiger partial charge in [0.1, 0.15) is 6.61 Å². The Balaban J connectivity index is 1.87. The predicted molar refractivity (Wildman–Crippen MR) is 106 cm³/mol. The summed E-state index contributed by atoms with van der Waals surface area (Å²) in [6.45, 7) is 2.42. The Hall–Kier alpha value is -3.19. The maximum Gasteiger partial charge on any atom is 0.306 e. The van der Waals surface area contributed by atoms with Gasteiger partial charge in [-0.2, -0.15) is 0 Å². The molecule has 0 aliphatic heterocycles. The molecule has 0 unspecified atom stereocenters. The minimum Gasteiger partial charge on any atom is -0.463 e. The molecule has 0 saturated heterocycles. The Labute approximate surface area is 164 Å². The van der Waals surface area contributed by atoms with Crippen LogP contribution in [-0.4, -0.2) is 38.1 Å². The van der Waals surface area contributed by atoms with E-state index < -0.39 is 5.97 Å². The SMILES string of the molecule is COCCOC(=O)CCC(=O)Nc1cccc(C(=O)Nc2cccc(C)c2)c1. The van der Waals surface area contributed by atoms with Crippen LogP contribution in [0.4, 0.5) is 11.4 Å². The number of benzene rings is 2. The van der Waals surface area contributed by atoms with Gasteiger partial charge in [0.25, 0.3) is 5.91 Å². The monoisotopic (exact) mass is 384 g/mol. The Morgan fingerprint density at radius 2 is 1.61 bits per heavy atom. The second-order valence-corrected chi connectivity index (χ2v) is 6.17. The summed E-state index contributed by atoms with van der Waals surface area (Å²) in [5.74, 6) is -1.07. The van der Waals surface area contributed by atoms with Crippen molar-refractivity contribution in [1.82, 2.24) is 0 Å². The molecular formula is C21H24N2O5. The number of carbonyl (C=O) groups is 3. The van der Waals surface area contributed by atoms with Crippen molar-refractivity contribution in [2.24, 2.45) is 0 Å². The van der Waals surface area contributed by atoms with Crippen molar-refractivity contribution in [2.45, 2.75) is 19.8 Å². The van der Waals surface area contributed by atoms with Crippen molar-refractivity contribution in [3.05, 3.63) is 59.7 Å². The molecule has 2 rings (SSSR count). The van der Waals surface area contributed by atoms with E-state index in [0.717, 1.165) is 5.56 Å². The van der Waals surface area contributed by atoms with Crippen molar-refractivity contribution < 1.29 is 23.9 Å². The van der Waals surface area contributed by atoms with Crippen molar-refractivity contribution in [1.29, 1.82) is 0 Å². The largest absolute Gasteiger partial charge is 0.463 e. The lowest BCUT2D eigenvalue weighted by Crippen LogP contribution is -2.16. The molecule has 0 spiro atoms. The van der Waals surface area contributed by atoms with Crippen LogP contribution < -0.4 is 10.6 Å². The first-order valence-electron chi connectivity index (χ1n) is 8.90. The number of carbonyl (C=O) groups excluding carboxylic acids is 3. The minimum atomic E-state index is -0.460. The lowest BCUT2D eigenvalue weighted by Gasteiger charge is -2.09. The van der Waals surface area contributed by atoms with Gasteiger partial charge in [0.2, 0.25) is 5.91 Å². The van der Waals surface area contributed by atoms with Crippen LogP contribution in [0.25, 0.3) is 0 Å². The molecule has 2 aromatic carbocycles. The van der Waals surface area contributed by atoms with Crippen molar-refractivity contribution in [3.8, 4) is 0 Å². The molecule has 28 heavy (non-hydrogen) atoms. The Morgan fingerprint density at radius 1 is 0.893 bits per heavy atom. The number of anilines is 2. The molecule has 0 fully saturated rings. The minimum absolute atomic E-state index is 0.00840. The Bertz CT molecular complexity index is 835. The number of hydrogen-bond donors (Lipinski definition) is 2. The Morgan fingerprint density at radius 3 is 2.32 bits per heavy atom. The highest BCUT2D eigenvalue weighted by atomic mass is 16.6. The molecule has 0 aromatic heterocycles. The third kappa shape index (κ3) is 7.20. The predicted octanol–water partition coefficient (Wildman–Crippen LogP) is 3.16. The molecule has 0 aliphatic carbocycles. The van der Waals surface area contributed by atoms with Crippen LogP contribution in [0.1, 0.15) is 28.8 Å². The summed E-state index contributed by atoms with van der Waals surface area (Å²) in [4.78, 5) is 35.9. The van der Waals surface area contributed by atoms with Crippen molar-refractivity contribution >= 4 is 29.2 Å². The lowest BCUT2D eigenvalue weighted by atomic mass is 10.1. The van der Waals surface area contributed by atoms with Crippen LogP contribution >= 0.6 is 0 Å². The highest BCUT2D eigenvalue weighted by molar-refractivity contribution is 6.05. The molecule has 0 atom stereocenters. The van der Waals surface area contributed by atoms with E-state index in [0.29, 0.717) is 23.5 Å². The van der Waals surface area contributed by atoms with Crippen molar-refractivity contribution in [2.75, 3.05) is 31.0 Å². The maximum absolute atomic E-state index is 12.4. The smallest absolute Gasteiger partial charge is 0.306 e. The second-order valence-electron chi connectivity index (χ2n) is 6.17. The molecule has 7 nitrogen and oxygen atoms in total. The molecule has 0 aliphatic rings. The Kier molecular flexibility index (Phi) is 8.17. The normalized spacial score (nSPS) is 10.2. The summed E-state index contributed by atoms with van der Waals surface area (Å²) in [6, 6.07) is 14.1. The van der Waals surface area contributed by atoms with Gasteiger partial charge in [-0.25, -0.2) is 0 Å². The first kappa shape index (κ1) is 21.1. The van der Waals surface area contributed by atoms with Gasteiger partial charge in [-0.1, -0.05) is 18.2 Å². The third-order valence-electron chi connectivity index (χ3n) is 3.79. The molecule has 148 valence electrons. The van der Waals surface area contributed by atoms with Crippen LogP contribution in [0.5, 0.6) is 0 Å². The number of aryl methyl sites for hydroxylation is 1. The van der Waals surface area contributed by atoms with Crippen LogP contribution in [0.2, 0.25) is 0 Å². The average molecular weight is 384 g/mol. The molecule has 0 saturated carbocycles. The van der Waals surface area contributed by atoms with Crippen molar-refractivity contribution in [3.63, 3.8) is 0 Å². The zero-order valence-electron chi connectivity index (χ0n) is 16.0. The van der Waals surface area contributed by atoms with Crippen LogP contribution in [-0.2, 0) is 19.1 Å². The van der Waals surface area contributed by atoms with Gasteiger partial charge >= 0.3 is 5.97 Å². The van der Waals surface area contributed by atoms with Gasteiger partial charge in [0.05, 0.1) is 13.0 Å². The van der Waals surface area contributed by atoms with Gasteiger partial charge < -0.3 is 20.1 Å². The van der Waals surface area contributed by atoms with E-state index in [1.807, 2.05) is 31.2 Å². The van der Waals surface area contributed by atoms with Gasteiger partial charge in [-0.15, -0.1) is 0 Å². The number of esters is 1. The highest BCUT2D eigenvalue weighted by Gasteiger charge is 2.11. The van der Waals surface area contributed by atoms with E-state index in [9.17, 15) is 14.4 Å². The molecule has 2 amide bonds. The molecular weight excluding hydrogens is 360 g/mol. The van der Waals surface area contributed by atoms with E-state index in [4.69, 9.17) is 9.47 Å². The molecule has 0 radical (unpaired) electrons. The van der Waals surface area contributed by atoms with Gasteiger partial charge in [-0.3, -0.25) is 14.4 Å². The summed E-state index contributed by atoms with van der Waals surface area (Å²) in [6.07, 6.45) is -0.0331. The fourth-order valence-electron chi connectivity index (χ4n) is 2.41. The van der Waals surface area contributed by atoms with Gasteiger partial charge in [0, 0.05) is 30.5 Å². The first-order valence-corrected chi connectivity index (χ1v) is 8.90. The van der Waals surface area contributed by atoms with Gasteiger partial charge in [0.15, 0.2) is 0 Å². The van der Waals surface area contributed by atoms with E-state index in [1.165, 1.54) is 7.11 Å². The lowest BCUT2D eigenvalue weighted by molar-refractivity contribution is -0.145. The quantitative estimate of drug-likeness (QED) is 0.512. The number of amides is 2. The maximum atomic E-state index is 12.4. The number of nitrogens with one attached hydrogen (secondary N) is 2. The molecule has 0 heterocycles. The fourth-order valence-corrected chi connectivity index (χ4v) is 2.41. The van der Waals surface area contributed by atoms with Crippen LogP contribution in [0.3, 0.4) is 0 Å². The van der Waals surface area contributed by atoms with Crippen LogP contribution in [0, 0.1) is 6.92 Å². The zero-order chi connectivity index (χ0) is 20.4. The standard InChI is InChI=1S/C21H24N2O5/c1-15-5-3-7-17(13-15)23-21(26)16-6-4-8-18(14-16)22-19(24)9-10-20(25)28-12-11-27-2/h3-8,13-14H,9-12H2,1-2H3,(H,22,24)(H,23,26). The number of hydrogen-bond acceptors (Lipinski definition) is 5. The fraction of sp³-hybridized carbons (Fsp3) is 0.286. The molecule has 2 aromatic rings. The highest BCUT2D eigenvalue weighted by Crippen LogP contribution is 2.15. The number of rotatable bonds is 9. The van der Waals surface area contributed by atoms with Gasteiger partial charge in [-0.05, 0) is 42.8 Å². The second kappa shape index (κ2) is 10.8. The molecule has 2 N–H and O–H groups in total. The van der Waals surface area contributed by atoms with E-state index in [1.54, 1.807) is 24.3 Å². The summed E-state index contributed by atoms with van der Waals surface area (Å²) in [5, 5.41) is 5.50. The zero-order valence-corrected chi connectivity index (χ0v) is 16.0. The molecule has 7 heteroatoms. The van der Waals surface area contributed by atoms with E-state index in [-0.39, 0.29) is 31.3 Å². The summed E-state index contributed by atoms with van der Waals surface area (Å²) >= 11 is 0. The average Bonchev–Trinajstić information content (AvgIpc) is 2.67. The first-order chi connectivity index (χ1) is 13.5.